The molecule has 0 spiro atoms. The fourth-order valence-electron chi connectivity index (χ4n) is 2.38. The van der Waals surface area contributed by atoms with Crippen molar-refractivity contribution in [3.05, 3.63) is 29.8 Å². The van der Waals surface area contributed by atoms with E-state index in [1.54, 1.807) is 7.11 Å². The van der Waals surface area contributed by atoms with Crippen LogP contribution in [0.2, 0.25) is 0 Å². The number of aliphatic carboxylic acids is 1. The zero-order chi connectivity index (χ0) is 11.5. The number of carboxylic acid groups (broad SMARTS) is 1. The molecule has 0 amide bonds. The van der Waals surface area contributed by atoms with Gasteiger partial charge in [-0.25, -0.2) is 0 Å². The van der Waals surface area contributed by atoms with Crippen LogP contribution in [0.1, 0.15) is 30.7 Å². The Hall–Kier alpha value is -1.51. The summed E-state index contributed by atoms with van der Waals surface area (Å²) in [7, 11) is 1.64. The lowest BCUT2D eigenvalue weighted by Gasteiger charge is -2.10. The Morgan fingerprint density at radius 3 is 2.50 bits per heavy atom. The maximum Gasteiger partial charge on any atom is 0.306 e. The zero-order valence-corrected chi connectivity index (χ0v) is 9.35. The van der Waals surface area contributed by atoms with Gasteiger partial charge in [-0.15, -0.1) is 0 Å². The molecule has 1 aliphatic rings. The van der Waals surface area contributed by atoms with Gasteiger partial charge in [-0.05, 0) is 42.9 Å². The maximum atomic E-state index is 10.9. The van der Waals surface area contributed by atoms with E-state index in [4.69, 9.17) is 9.84 Å². The topological polar surface area (TPSA) is 46.5 Å². The molecule has 86 valence electrons. The van der Waals surface area contributed by atoms with Gasteiger partial charge in [0.25, 0.3) is 0 Å². The Balaban J connectivity index is 2.05. The van der Waals surface area contributed by atoms with Gasteiger partial charge < -0.3 is 9.84 Å². The van der Waals surface area contributed by atoms with Crippen molar-refractivity contribution in [3.63, 3.8) is 0 Å². The first-order valence-corrected chi connectivity index (χ1v) is 5.57. The van der Waals surface area contributed by atoms with Gasteiger partial charge in [0.2, 0.25) is 0 Å². The molecule has 3 heteroatoms. The fraction of sp³-hybridized carbons (Fsp3) is 0.462. The van der Waals surface area contributed by atoms with Gasteiger partial charge in [-0.2, -0.15) is 0 Å². The molecule has 0 bridgehead atoms. The number of hydrogen-bond donors (Lipinski definition) is 1. The summed E-state index contributed by atoms with van der Waals surface area (Å²) in [5.74, 6) is 0.423. The molecule has 2 rings (SSSR count). The summed E-state index contributed by atoms with van der Waals surface area (Å²) < 4.78 is 5.10. The summed E-state index contributed by atoms with van der Waals surface area (Å²) >= 11 is 0. The molecule has 1 saturated carbocycles. The number of carboxylic acids is 1. The smallest absolute Gasteiger partial charge is 0.306 e. The predicted octanol–water partition coefficient (Wildman–Crippen LogP) is 2.66. The Labute approximate surface area is 95.0 Å². The van der Waals surface area contributed by atoms with E-state index >= 15 is 0 Å². The highest BCUT2D eigenvalue weighted by molar-refractivity contribution is 5.70. The second-order valence-corrected chi connectivity index (χ2v) is 4.32. The van der Waals surface area contributed by atoms with Gasteiger partial charge in [-0.3, -0.25) is 4.79 Å². The molecule has 1 N–H and O–H groups in total. The van der Waals surface area contributed by atoms with Crippen LogP contribution in [0, 0.1) is 5.92 Å². The third-order valence-corrected chi connectivity index (χ3v) is 3.37. The minimum absolute atomic E-state index is 0.160. The molecular weight excluding hydrogens is 204 g/mol. The molecule has 1 aliphatic carbocycles. The fourth-order valence-corrected chi connectivity index (χ4v) is 2.38. The van der Waals surface area contributed by atoms with Crippen molar-refractivity contribution >= 4 is 5.97 Å². The van der Waals surface area contributed by atoms with Crippen molar-refractivity contribution < 1.29 is 14.6 Å². The molecule has 1 fully saturated rings. The van der Waals surface area contributed by atoms with E-state index < -0.39 is 5.97 Å². The summed E-state index contributed by atoms with van der Waals surface area (Å²) in [5.41, 5.74) is 1.23. The van der Waals surface area contributed by atoms with Crippen LogP contribution in [0.25, 0.3) is 0 Å². The first-order valence-electron chi connectivity index (χ1n) is 5.57. The van der Waals surface area contributed by atoms with Crippen molar-refractivity contribution in [3.8, 4) is 5.75 Å². The Morgan fingerprint density at radius 1 is 1.31 bits per heavy atom. The van der Waals surface area contributed by atoms with Crippen LogP contribution >= 0.6 is 0 Å². The number of rotatable bonds is 3. The van der Waals surface area contributed by atoms with Crippen LogP contribution in [0.15, 0.2) is 24.3 Å². The van der Waals surface area contributed by atoms with Crippen LogP contribution in [-0.4, -0.2) is 18.2 Å². The van der Waals surface area contributed by atoms with Gasteiger partial charge in [0.1, 0.15) is 5.75 Å². The van der Waals surface area contributed by atoms with E-state index in [2.05, 4.69) is 0 Å². The Morgan fingerprint density at radius 2 is 2.00 bits per heavy atom. The average molecular weight is 220 g/mol. The van der Waals surface area contributed by atoms with Gasteiger partial charge >= 0.3 is 5.97 Å². The maximum absolute atomic E-state index is 10.9. The number of ether oxygens (including phenoxy) is 1. The van der Waals surface area contributed by atoms with Gasteiger partial charge in [-0.1, -0.05) is 12.1 Å². The second-order valence-electron chi connectivity index (χ2n) is 4.32. The number of benzene rings is 1. The minimum atomic E-state index is -0.656. The SMILES string of the molecule is COc1ccc(C2CCC(C(=O)O)C2)cc1. The summed E-state index contributed by atoms with van der Waals surface area (Å²) in [4.78, 5) is 10.9. The quantitative estimate of drug-likeness (QED) is 0.851. The zero-order valence-electron chi connectivity index (χ0n) is 9.35. The molecule has 0 heterocycles. The second kappa shape index (κ2) is 4.56. The van der Waals surface area contributed by atoms with Crippen molar-refractivity contribution in [2.45, 2.75) is 25.2 Å². The summed E-state index contributed by atoms with van der Waals surface area (Å²) in [6, 6.07) is 7.94. The highest BCUT2D eigenvalue weighted by atomic mass is 16.5. The highest BCUT2D eigenvalue weighted by Gasteiger charge is 2.30. The molecule has 16 heavy (non-hydrogen) atoms. The summed E-state index contributed by atoms with van der Waals surface area (Å²) in [6.45, 7) is 0. The first-order chi connectivity index (χ1) is 7.70. The summed E-state index contributed by atoms with van der Waals surface area (Å²) in [5, 5.41) is 8.94. The summed E-state index contributed by atoms with van der Waals surface area (Å²) in [6.07, 6.45) is 2.54. The van der Waals surface area contributed by atoms with Crippen LogP contribution < -0.4 is 4.74 Å². The lowest BCUT2D eigenvalue weighted by molar-refractivity contribution is -0.141. The third kappa shape index (κ3) is 2.18. The Bertz CT molecular complexity index is 369. The number of methoxy groups -OCH3 is 1. The van der Waals surface area contributed by atoms with Crippen molar-refractivity contribution in [1.29, 1.82) is 0 Å². The highest BCUT2D eigenvalue weighted by Crippen LogP contribution is 2.38. The van der Waals surface area contributed by atoms with E-state index in [1.165, 1.54) is 5.56 Å². The van der Waals surface area contributed by atoms with Gasteiger partial charge in [0.05, 0.1) is 13.0 Å². The monoisotopic (exact) mass is 220 g/mol. The van der Waals surface area contributed by atoms with E-state index in [9.17, 15) is 4.79 Å². The normalized spacial score (nSPS) is 24.3. The van der Waals surface area contributed by atoms with Crippen LogP contribution in [0.3, 0.4) is 0 Å². The molecule has 0 saturated heterocycles. The Kier molecular flexibility index (Phi) is 3.13. The standard InChI is InChI=1S/C13H16O3/c1-16-12-6-4-9(5-7-12)10-2-3-11(8-10)13(14)15/h4-7,10-11H,2-3,8H2,1H3,(H,14,15). The molecule has 0 radical (unpaired) electrons. The van der Waals surface area contributed by atoms with Crippen LogP contribution in [0.4, 0.5) is 0 Å². The average Bonchev–Trinajstić information content (AvgIpc) is 2.78. The van der Waals surface area contributed by atoms with Crippen molar-refractivity contribution in [2.24, 2.45) is 5.92 Å². The lowest BCUT2D eigenvalue weighted by Crippen LogP contribution is -2.09. The van der Waals surface area contributed by atoms with Crippen LogP contribution in [0.5, 0.6) is 5.75 Å². The van der Waals surface area contributed by atoms with Gasteiger partial charge in [0.15, 0.2) is 0 Å². The largest absolute Gasteiger partial charge is 0.497 e. The van der Waals surface area contributed by atoms with Crippen molar-refractivity contribution in [1.82, 2.24) is 0 Å². The van der Waals surface area contributed by atoms with E-state index in [1.807, 2.05) is 24.3 Å². The molecular formula is C13H16O3. The predicted molar refractivity (Wildman–Crippen MR) is 60.7 cm³/mol. The molecule has 0 aliphatic heterocycles. The molecule has 2 unspecified atom stereocenters. The molecule has 0 aromatic heterocycles. The third-order valence-electron chi connectivity index (χ3n) is 3.37. The van der Waals surface area contributed by atoms with E-state index in [0.717, 1.165) is 25.0 Å². The molecule has 2 atom stereocenters. The van der Waals surface area contributed by atoms with E-state index in [-0.39, 0.29) is 5.92 Å². The molecule has 1 aromatic rings. The molecule has 3 nitrogen and oxygen atoms in total. The van der Waals surface area contributed by atoms with E-state index in [0.29, 0.717) is 5.92 Å². The van der Waals surface area contributed by atoms with Crippen LogP contribution in [-0.2, 0) is 4.79 Å². The lowest BCUT2D eigenvalue weighted by atomic mass is 9.96. The van der Waals surface area contributed by atoms with Gasteiger partial charge in [0, 0.05) is 0 Å². The van der Waals surface area contributed by atoms with Crippen molar-refractivity contribution in [2.75, 3.05) is 7.11 Å². The first kappa shape index (κ1) is 11.0. The minimum Gasteiger partial charge on any atom is -0.497 e. The number of hydrogen-bond acceptors (Lipinski definition) is 2. The number of carbonyl (C=O) groups is 1. The molecule has 1 aromatic carbocycles.